The van der Waals surface area contributed by atoms with E-state index in [1.807, 2.05) is 0 Å². The number of nitrogens with one attached hydrogen (secondary N) is 2. The van der Waals surface area contributed by atoms with Crippen molar-refractivity contribution in [3.63, 3.8) is 0 Å². The van der Waals surface area contributed by atoms with Crippen molar-refractivity contribution < 1.29 is 22.2 Å². The molecule has 1 rings (SSSR count). The second-order valence-electron chi connectivity index (χ2n) is 3.61. The van der Waals surface area contributed by atoms with Crippen molar-refractivity contribution in [3.8, 4) is 0 Å². The van der Waals surface area contributed by atoms with Crippen LogP contribution >= 0.6 is 0 Å². The molecule has 19 heavy (non-hydrogen) atoms. The molecular formula is C11H13F3N2O2S. The van der Waals surface area contributed by atoms with Gasteiger partial charge in [0.25, 0.3) is 0 Å². The lowest BCUT2D eigenvalue weighted by Gasteiger charge is -2.09. The van der Waals surface area contributed by atoms with Crippen molar-refractivity contribution in [2.24, 2.45) is 0 Å². The van der Waals surface area contributed by atoms with E-state index in [0.717, 1.165) is 12.1 Å². The normalized spacial score (nSPS) is 13.1. The summed E-state index contributed by atoms with van der Waals surface area (Å²) < 4.78 is 51.6. The van der Waals surface area contributed by atoms with E-state index >= 15 is 0 Å². The van der Waals surface area contributed by atoms with E-state index in [1.165, 1.54) is 19.2 Å². The Morgan fingerprint density at radius 1 is 1.37 bits per heavy atom. The molecule has 2 N–H and O–H groups in total. The van der Waals surface area contributed by atoms with Gasteiger partial charge in [-0.2, -0.15) is 13.2 Å². The molecule has 0 saturated heterocycles. The van der Waals surface area contributed by atoms with E-state index in [4.69, 9.17) is 0 Å². The maximum atomic E-state index is 12.5. The van der Waals surface area contributed by atoms with E-state index in [0.29, 0.717) is 0 Å². The van der Waals surface area contributed by atoms with Gasteiger partial charge in [0.15, 0.2) is 0 Å². The van der Waals surface area contributed by atoms with Crippen LogP contribution < -0.4 is 10.0 Å². The van der Waals surface area contributed by atoms with Crippen molar-refractivity contribution in [2.75, 3.05) is 13.6 Å². The van der Waals surface area contributed by atoms with Gasteiger partial charge in [0.05, 0.1) is 10.5 Å². The van der Waals surface area contributed by atoms with Crippen LogP contribution in [0.2, 0.25) is 0 Å². The Balaban J connectivity index is 2.65. The highest BCUT2D eigenvalue weighted by molar-refractivity contribution is 7.83. The molecule has 0 bridgehead atoms. The Hall–Kier alpha value is -1.41. The number of hydrogen-bond donors (Lipinski definition) is 2. The Morgan fingerprint density at radius 3 is 2.63 bits per heavy atom. The Kier molecular flexibility index (Phi) is 5.49. The number of benzene rings is 1. The molecular weight excluding hydrogens is 281 g/mol. The fourth-order valence-electron chi connectivity index (χ4n) is 1.25. The number of rotatable bonds is 5. The molecule has 0 aliphatic heterocycles. The van der Waals surface area contributed by atoms with Crippen molar-refractivity contribution in [3.05, 3.63) is 29.8 Å². The van der Waals surface area contributed by atoms with Gasteiger partial charge in [0.2, 0.25) is 5.91 Å². The lowest BCUT2D eigenvalue weighted by Crippen LogP contribution is -2.26. The number of amides is 1. The van der Waals surface area contributed by atoms with Crippen LogP contribution in [0.25, 0.3) is 0 Å². The zero-order valence-corrected chi connectivity index (χ0v) is 10.9. The summed E-state index contributed by atoms with van der Waals surface area (Å²) in [6.07, 6.45) is -4.37. The average molecular weight is 294 g/mol. The quantitative estimate of drug-likeness (QED) is 0.863. The van der Waals surface area contributed by atoms with Crippen LogP contribution in [0.5, 0.6) is 0 Å². The third kappa shape index (κ3) is 4.99. The minimum Gasteiger partial charge on any atom is -0.359 e. The number of carbonyl (C=O) groups excluding carboxylic acids is 1. The van der Waals surface area contributed by atoms with Gasteiger partial charge in [-0.05, 0) is 18.2 Å². The van der Waals surface area contributed by atoms with Gasteiger partial charge in [-0.3, -0.25) is 4.79 Å². The van der Waals surface area contributed by atoms with Crippen LogP contribution in [0.4, 0.5) is 13.2 Å². The van der Waals surface area contributed by atoms with E-state index in [2.05, 4.69) is 10.0 Å². The van der Waals surface area contributed by atoms with Gasteiger partial charge < -0.3 is 5.32 Å². The summed E-state index contributed by atoms with van der Waals surface area (Å²) in [4.78, 5) is 10.9. The van der Waals surface area contributed by atoms with E-state index in [1.54, 1.807) is 0 Å². The van der Waals surface area contributed by atoms with Crippen molar-refractivity contribution in [2.45, 2.75) is 17.5 Å². The van der Waals surface area contributed by atoms with Gasteiger partial charge >= 0.3 is 6.18 Å². The molecule has 1 atom stereocenters. The molecule has 0 aliphatic carbocycles. The minimum absolute atomic E-state index is 0.0201. The summed E-state index contributed by atoms with van der Waals surface area (Å²) in [6.45, 7) is 0.114. The van der Waals surface area contributed by atoms with Crippen LogP contribution in [0.3, 0.4) is 0 Å². The maximum Gasteiger partial charge on any atom is 0.416 e. The predicted octanol–water partition coefficient (Wildman–Crippen LogP) is 1.45. The Labute approximate surface area is 111 Å². The monoisotopic (exact) mass is 294 g/mol. The number of hydrogen-bond acceptors (Lipinski definition) is 2. The van der Waals surface area contributed by atoms with Crippen LogP contribution in [-0.2, 0) is 22.0 Å². The molecule has 0 saturated carbocycles. The average Bonchev–Trinajstić information content (AvgIpc) is 2.37. The molecule has 0 spiro atoms. The molecule has 1 aromatic carbocycles. The summed E-state index contributed by atoms with van der Waals surface area (Å²) in [5, 5.41) is 2.38. The number of alkyl halides is 3. The summed E-state index contributed by atoms with van der Waals surface area (Å²) in [6, 6.07) is 4.25. The Bertz CT molecular complexity index is 477. The smallest absolute Gasteiger partial charge is 0.359 e. The van der Waals surface area contributed by atoms with Gasteiger partial charge in [-0.1, -0.05) is 6.07 Å². The third-order valence-electron chi connectivity index (χ3n) is 2.24. The van der Waals surface area contributed by atoms with Crippen LogP contribution in [0.15, 0.2) is 29.2 Å². The highest BCUT2D eigenvalue weighted by Gasteiger charge is 2.30. The Morgan fingerprint density at radius 2 is 2.05 bits per heavy atom. The third-order valence-corrected chi connectivity index (χ3v) is 3.39. The standard InChI is InChI=1S/C11H13F3N2O2S/c1-15-10(17)5-6-16-19(18)9-4-2-3-8(7-9)11(12,13)14/h2-4,7,16H,5-6H2,1H3,(H,15,17). The molecule has 1 amide bonds. The van der Waals surface area contributed by atoms with Gasteiger partial charge in [0.1, 0.15) is 11.0 Å². The lowest BCUT2D eigenvalue weighted by molar-refractivity contribution is -0.137. The molecule has 0 fully saturated rings. The molecule has 0 aromatic heterocycles. The molecule has 0 heterocycles. The van der Waals surface area contributed by atoms with Gasteiger partial charge in [0, 0.05) is 20.0 Å². The summed E-state index contributed by atoms with van der Waals surface area (Å²) in [5.41, 5.74) is -0.855. The number of halogens is 3. The summed E-state index contributed by atoms with van der Waals surface area (Å²) in [7, 11) is -0.313. The fourth-order valence-corrected chi connectivity index (χ4v) is 2.14. The molecule has 0 aliphatic rings. The largest absolute Gasteiger partial charge is 0.416 e. The lowest BCUT2D eigenvalue weighted by atomic mass is 10.2. The van der Waals surface area contributed by atoms with Crippen molar-refractivity contribution >= 4 is 16.9 Å². The van der Waals surface area contributed by atoms with Gasteiger partial charge in [-0.15, -0.1) is 0 Å². The molecule has 8 heteroatoms. The predicted molar refractivity (Wildman–Crippen MR) is 64.5 cm³/mol. The van der Waals surface area contributed by atoms with E-state index in [-0.39, 0.29) is 23.8 Å². The second-order valence-corrected chi connectivity index (χ2v) is 4.91. The van der Waals surface area contributed by atoms with Crippen molar-refractivity contribution in [1.29, 1.82) is 0 Å². The van der Waals surface area contributed by atoms with E-state index < -0.39 is 22.7 Å². The highest BCUT2D eigenvalue weighted by atomic mass is 32.2. The minimum atomic E-state index is -4.47. The van der Waals surface area contributed by atoms with E-state index in [9.17, 15) is 22.2 Å². The maximum absolute atomic E-state index is 12.5. The van der Waals surface area contributed by atoms with Gasteiger partial charge in [-0.25, -0.2) is 8.93 Å². The van der Waals surface area contributed by atoms with Crippen LogP contribution in [0, 0.1) is 0 Å². The summed E-state index contributed by atoms with van der Waals surface area (Å²) in [5.74, 6) is -0.242. The number of carbonyl (C=O) groups is 1. The second kappa shape index (κ2) is 6.67. The highest BCUT2D eigenvalue weighted by Crippen LogP contribution is 2.29. The van der Waals surface area contributed by atoms with Crippen LogP contribution in [0.1, 0.15) is 12.0 Å². The topological polar surface area (TPSA) is 58.2 Å². The zero-order chi connectivity index (χ0) is 14.5. The molecule has 106 valence electrons. The molecule has 1 unspecified atom stereocenters. The zero-order valence-electron chi connectivity index (χ0n) is 10.1. The first-order valence-electron chi connectivity index (χ1n) is 5.37. The SMILES string of the molecule is CNC(=O)CCNS(=O)c1cccc(C(F)(F)F)c1. The molecule has 4 nitrogen and oxygen atoms in total. The summed E-state index contributed by atoms with van der Waals surface area (Å²) >= 11 is 0. The van der Waals surface area contributed by atoms with Crippen molar-refractivity contribution in [1.82, 2.24) is 10.0 Å². The molecule has 0 radical (unpaired) electrons. The molecule has 1 aromatic rings. The fraction of sp³-hybridized carbons (Fsp3) is 0.364. The first-order chi connectivity index (χ1) is 8.84. The first-order valence-corrected chi connectivity index (χ1v) is 6.52. The van der Waals surface area contributed by atoms with Crippen LogP contribution in [-0.4, -0.2) is 23.7 Å². The first kappa shape index (κ1) is 15.6.